The van der Waals surface area contributed by atoms with Crippen LogP contribution in [0.15, 0.2) is 53.5 Å². The number of H-pyrrole nitrogens is 1. The zero-order valence-corrected chi connectivity index (χ0v) is 13.5. The van der Waals surface area contributed by atoms with Crippen LogP contribution in [0.25, 0.3) is 27.5 Å². The van der Waals surface area contributed by atoms with E-state index in [9.17, 15) is 4.79 Å². The van der Waals surface area contributed by atoms with Crippen molar-refractivity contribution >= 4 is 21.8 Å². The molecule has 0 saturated carbocycles. The molecule has 0 spiro atoms. The van der Waals surface area contributed by atoms with Crippen LogP contribution in [-0.4, -0.2) is 21.4 Å². The van der Waals surface area contributed by atoms with Gasteiger partial charge in [0.15, 0.2) is 0 Å². The average Bonchev–Trinajstić information content (AvgIpc) is 2.95. The van der Waals surface area contributed by atoms with Gasteiger partial charge in [-0.15, -0.1) is 0 Å². The molecule has 120 valence electrons. The van der Waals surface area contributed by atoms with Crippen molar-refractivity contribution in [2.24, 2.45) is 0 Å². The third kappa shape index (κ3) is 2.25. The highest BCUT2D eigenvalue weighted by Crippen LogP contribution is 2.24. The average molecular weight is 319 g/mol. The normalized spacial score (nSPS) is 11.2. The molecule has 2 aromatic heterocycles. The Bertz CT molecular complexity index is 1090. The van der Waals surface area contributed by atoms with Crippen LogP contribution in [0.5, 0.6) is 5.75 Å². The van der Waals surface area contributed by atoms with Crippen molar-refractivity contribution in [2.75, 3.05) is 6.61 Å². The molecule has 0 fully saturated rings. The zero-order valence-electron chi connectivity index (χ0n) is 13.5. The predicted molar refractivity (Wildman–Crippen MR) is 95.1 cm³/mol. The smallest absolute Gasteiger partial charge is 0.295 e. The summed E-state index contributed by atoms with van der Waals surface area (Å²) in [4.78, 5) is 16.1. The molecule has 0 atom stereocenters. The predicted octanol–water partition coefficient (Wildman–Crippen LogP) is 3.57. The highest BCUT2D eigenvalue weighted by molar-refractivity contribution is 6.06. The summed E-state index contributed by atoms with van der Waals surface area (Å²) in [6, 6.07) is 13.4. The van der Waals surface area contributed by atoms with Crippen LogP contribution in [0.1, 0.15) is 12.5 Å². The molecule has 0 radical (unpaired) electrons. The van der Waals surface area contributed by atoms with Gasteiger partial charge >= 0.3 is 0 Å². The van der Waals surface area contributed by atoms with E-state index in [-0.39, 0.29) is 5.56 Å². The van der Waals surface area contributed by atoms with Crippen LogP contribution in [0.2, 0.25) is 0 Å². The number of ether oxygens (including phenoxy) is 1. The minimum Gasteiger partial charge on any atom is -0.494 e. The summed E-state index contributed by atoms with van der Waals surface area (Å²) < 4.78 is 6.84. The van der Waals surface area contributed by atoms with E-state index in [1.54, 1.807) is 6.20 Å². The summed E-state index contributed by atoms with van der Waals surface area (Å²) in [7, 11) is 0. The minimum atomic E-state index is -0.162. The van der Waals surface area contributed by atoms with Gasteiger partial charge in [-0.05, 0) is 49.7 Å². The fourth-order valence-electron chi connectivity index (χ4n) is 2.94. The number of hydrogen-bond acceptors (Lipinski definition) is 3. The number of nitrogens with zero attached hydrogens (tertiary/aromatic N) is 2. The zero-order chi connectivity index (χ0) is 16.7. The molecular weight excluding hydrogens is 302 g/mol. The lowest BCUT2D eigenvalue weighted by molar-refractivity contribution is 0.340. The maximum absolute atomic E-state index is 12.8. The molecule has 0 aliphatic rings. The first-order valence-electron chi connectivity index (χ1n) is 7.91. The first-order valence-corrected chi connectivity index (χ1v) is 7.91. The number of fused-ring (bicyclic) bond motifs is 3. The summed E-state index contributed by atoms with van der Waals surface area (Å²) in [6.45, 7) is 4.57. The van der Waals surface area contributed by atoms with Crippen LogP contribution in [-0.2, 0) is 0 Å². The Morgan fingerprint density at radius 1 is 1.12 bits per heavy atom. The monoisotopic (exact) mass is 319 g/mol. The second-order valence-electron chi connectivity index (χ2n) is 5.75. The molecule has 2 heterocycles. The lowest BCUT2D eigenvalue weighted by atomic mass is 10.1. The second-order valence-corrected chi connectivity index (χ2v) is 5.75. The largest absolute Gasteiger partial charge is 0.494 e. The lowest BCUT2D eigenvalue weighted by Gasteiger charge is -2.06. The summed E-state index contributed by atoms with van der Waals surface area (Å²) in [5, 5.41) is 6.20. The van der Waals surface area contributed by atoms with Crippen molar-refractivity contribution in [3.63, 3.8) is 0 Å². The first-order chi connectivity index (χ1) is 11.7. The van der Waals surface area contributed by atoms with E-state index < -0.39 is 0 Å². The Morgan fingerprint density at radius 3 is 2.67 bits per heavy atom. The van der Waals surface area contributed by atoms with E-state index in [1.165, 1.54) is 4.68 Å². The van der Waals surface area contributed by atoms with Gasteiger partial charge < -0.3 is 9.72 Å². The standard InChI is InChI=1S/C19H17N3O2/c1-3-24-14-7-5-13(6-8-14)22-19(23)18-16(11-20-22)15-9-4-12(2)10-17(15)21-18/h4-11,21H,3H2,1-2H3. The van der Waals surface area contributed by atoms with E-state index in [0.29, 0.717) is 17.8 Å². The molecule has 0 aliphatic carbocycles. The summed E-state index contributed by atoms with van der Waals surface area (Å²) in [6.07, 6.45) is 1.74. The molecule has 1 N–H and O–H groups in total. The van der Waals surface area contributed by atoms with Gasteiger partial charge in [0.1, 0.15) is 11.3 Å². The minimum absolute atomic E-state index is 0.162. The number of hydrogen-bond donors (Lipinski definition) is 1. The van der Waals surface area contributed by atoms with Crippen molar-refractivity contribution in [1.82, 2.24) is 14.8 Å². The maximum atomic E-state index is 12.8. The van der Waals surface area contributed by atoms with Gasteiger partial charge in [-0.2, -0.15) is 9.78 Å². The molecule has 4 aromatic rings. The fraction of sp³-hybridized carbons (Fsp3) is 0.158. The highest BCUT2D eigenvalue weighted by Gasteiger charge is 2.11. The van der Waals surface area contributed by atoms with Crippen LogP contribution in [0, 0.1) is 6.92 Å². The van der Waals surface area contributed by atoms with E-state index in [2.05, 4.69) is 10.1 Å². The van der Waals surface area contributed by atoms with Gasteiger partial charge in [0.25, 0.3) is 5.56 Å². The molecule has 0 unspecified atom stereocenters. The van der Waals surface area contributed by atoms with Gasteiger partial charge in [-0.1, -0.05) is 12.1 Å². The number of nitrogens with one attached hydrogen (secondary N) is 1. The molecule has 0 amide bonds. The van der Waals surface area contributed by atoms with Crippen molar-refractivity contribution in [1.29, 1.82) is 0 Å². The van der Waals surface area contributed by atoms with E-state index in [0.717, 1.165) is 27.6 Å². The molecular formula is C19H17N3O2. The first kappa shape index (κ1) is 14.5. The van der Waals surface area contributed by atoms with Crippen LogP contribution >= 0.6 is 0 Å². The Hall–Kier alpha value is -3.08. The fourth-order valence-corrected chi connectivity index (χ4v) is 2.94. The molecule has 0 bridgehead atoms. The topological polar surface area (TPSA) is 59.9 Å². The van der Waals surface area contributed by atoms with Crippen molar-refractivity contribution in [2.45, 2.75) is 13.8 Å². The Labute approximate surface area is 138 Å². The van der Waals surface area contributed by atoms with Crippen molar-refractivity contribution in [3.8, 4) is 11.4 Å². The molecule has 5 heteroatoms. The number of aromatic nitrogens is 3. The molecule has 2 aromatic carbocycles. The van der Waals surface area contributed by atoms with Crippen LogP contribution < -0.4 is 10.3 Å². The third-order valence-electron chi connectivity index (χ3n) is 4.10. The van der Waals surface area contributed by atoms with E-state index in [4.69, 9.17) is 4.74 Å². The Balaban J connectivity index is 1.89. The SMILES string of the molecule is CCOc1ccc(-n2ncc3c([nH]c4cc(C)ccc43)c2=O)cc1. The van der Waals surface area contributed by atoms with Gasteiger partial charge in [0.2, 0.25) is 0 Å². The van der Waals surface area contributed by atoms with Gasteiger partial charge in [0, 0.05) is 16.3 Å². The van der Waals surface area contributed by atoms with Crippen molar-refractivity contribution < 1.29 is 4.74 Å². The summed E-state index contributed by atoms with van der Waals surface area (Å²) in [5.41, 5.74) is 3.22. The third-order valence-corrected chi connectivity index (χ3v) is 4.10. The lowest BCUT2D eigenvalue weighted by Crippen LogP contribution is -2.20. The second kappa shape index (κ2) is 5.53. The van der Waals surface area contributed by atoms with Gasteiger partial charge in [-0.3, -0.25) is 4.79 Å². The molecule has 5 nitrogen and oxygen atoms in total. The number of rotatable bonds is 3. The van der Waals surface area contributed by atoms with E-state index >= 15 is 0 Å². The number of aryl methyl sites for hydroxylation is 1. The van der Waals surface area contributed by atoms with Crippen LogP contribution in [0.3, 0.4) is 0 Å². The summed E-state index contributed by atoms with van der Waals surface area (Å²) >= 11 is 0. The summed E-state index contributed by atoms with van der Waals surface area (Å²) in [5.74, 6) is 0.775. The quantitative estimate of drug-likeness (QED) is 0.628. The Morgan fingerprint density at radius 2 is 1.92 bits per heavy atom. The Kier molecular flexibility index (Phi) is 3.34. The van der Waals surface area contributed by atoms with Gasteiger partial charge in [-0.25, -0.2) is 0 Å². The molecule has 0 aliphatic heterocycles. The molecule has 4 rings (SSSR count). The van der Waals surface area contributed by atoms with Crippen molar-refractivity contribution in [3.05, 3.63) is 64.6 Å². The van der Waals surface area contributed by atoms with Gasteiger partial charge in [0.05, 0.1) is 18.5 Å². The molecule has 24 heavy (non-hydrogen) atoms. The van der Waals surface area contributed by atoms with E-state index in [1.807, 2.05) is 56.3 Å². The number of benzene rings is 2. The number of aromatic amines is 1. The highest BCUT2D eigenvalue weighted by atomic mass is 16.5. The maximum Gasteiger partial charge on any atom is 0.295 e. The molecule has 0 saturated heterocycles. The van der Waals surface area contributed by atoms with Crippen LogP contribution in [0.4, 0.5) is 0 Å².